The summed E-state index contributed by atoms with van der Waals surface area (Å²) >= 11 is 0. The van der Waals surface area contributed by atoms with Gasteiger partial charge in [-0.2, -0.15) is 0 Å². The Kier molecular flexibility index (Phi) is 7.11. The van der Waals surface area contributed by atoms with Gasteiger partial charge in [-0.15, -0.1) is 0 Å². The van der Waals surface area contributed by atoms with Gasteiger partial charge in [-0.25, -0.2) is 4.98 Å². The Morgan fingerprint density at radius 1 is 0.828 bits per heavy atom. The minimum Gasteiger partial charge on any atom is -0.351 e. The number of nitrogens with one attached hydrogen (secondary N) is 2. The van der Waals surface area contributed by atoms with Crippen LogP contribution in [0.15, 0.2) is 72.8 Å². The lowest BCUT2D eigenvalue weighted by molar-refractivity contribution is 0.0948. The number of pyridine rings is 1. The van der Waals surface area contributed by atoms with E-state index in [1.807, 2.05) is 49.4 Å². The highest BCUT2D eigenvalue weighted by molar-refractivity contribution is 6.04. The number of hydrogen-bond donors (Lipinski definition) is 2. The van der Waals surface area contributed by atoms with Crippen LogP contribution in [0.4, 0.5) is 5.69 Å². The molecule has 0 radical (unpaired) electrons. The van der Waals surface area contributed by atoms with Gasteiger partial charge in [0.25, 0.3) is 11.8 Å². The van der Waals surface area contributed by atoms with Crippen molar-refractivity contribution in [1.82, 2.24) is 10.3 Å². The Bertz CT molecular complexity index is 971. The van der Waals surface area contributed by atoms with Crippen LogP contribution in [-0.2, 0) is 12.8 Å². The summed E-state index contributed by atoms with van der Waals surface area (Å²) in [5.74, 6) is -0.605. The van der Waals surface area contributed by atoms with E-state index < -0.39 is 0 Å². The second kappa shape index (κ2) is 10.2. The number of hydrogen-bond acceptors (Lipinski definition) is 3. The van der Waals surface area contributed by atoms with Crippen molar-refractivity contribution in [3.05, 3.63) is 95.3 Å². The summed E-state index contributed by atoms with van der Waals surface area (Å²) in [7, 11) is 0. The van der Waals surface area contributed by atoms with Gasteiger partial charge in [0.1, 0.15) is 11.4 Å². The number of carbonyl (C=O) groups is 2. The SMILES string of the molecule is CCc1ccccc1NC(=O)c1cccc(C(=O)NCCCc2ccccc2)n1. The fourth-order valence-corrected chi connectivity index (χ4v) is 3.05. The molecule has 3 rings (SSSR count). The lowest BCUT2D eigenvalue weighted by atomic mass is 10.1. The van der Waals surface area contributed by atoms with Crippen LogP contribution >= 0.6 is 0 Å². The molecule has 29 heavy (non-hydrogen) atoms. The van der Waals surface area contributed by atoms with Crippen molar-refractivity contribution in [3.8, 4) is 0 Å². The van der Waals surface area contributed by atoms with Crippen molar-refractivity contribution < 1.29 is 9.59 Å². The lowest BCUT2D eigenvalue weighted by Crippen LogP contribution is -2.26. The number of amides is 2. The second-order valence-corrected chi connectivity index (χ2v) is 6.72. The second-order valence-electron chi connectivity index (χ2n) is 6.72. The van der Waals surface area contributed by atoms with Gasteiger partial charge in [0.15, 0.2) is 0 Å². The molecule has 148 valence electrons. The zero-order valence-electron chi connectivity index (χ0n) is 16.5. The van der Waals surface area contributed by atoms with Gasteiger partial charge in [0, 0.05) is 12.2 Å². The average Bonchev–Trinajstić information content (AvgIpc) is 2.77. The third kappa shape index (κ3) is 5.75. The molecule has 3 aromatic rings. The maximum Gasteiger partial charge on any atom is 0.274 e. The number of aryl methyl sites for hydroxylation is 2. The van der Waals surface area contributed by atoms with Crippen LogP contribution in [0.2, 0.25) is 0 Å². The maximum absolute atomic E-state index is 12.6. The fraction of sp³-hybridized carbons (Fsp3) is 0.208. The van der Waals surface area contributed by atoms with E-state index in [0.29, 0.717) is 6.54 Å². The fourth-order valence-electron chi connectivity index (χ4n) is 3.05. The summed E-state index contributed by atoms with van der Waals surface area (Å²) in [5, 5.41) is 5.75. The van der Waals surface area contributed by atoms with Gasteiger partial charge in [0.05, 0.1) is 0 Å². The van der Waals surface area contributed by atoms with E-state index >= 15 is 0 Å². The number of para-hydroxylation sites is 1. The summed E-state index contributed by atoms with van der Waals surface area (Å²) in [6.07, 6.45) is 2.55. The molecule has 2 N–H and O–H groups in total. The van der Waals surface area contributed by atoms with Crippen molar-refractivity contribution in [3.63, 3.8) is 0 Å². The van der Waals surface area contributed by atoms with E-state index in [1.54, 1.807) is 18.2 Å². The number of nitrogens with zero attached hydrogens (tertiary/aromatic N) is 1. The molecular weight excluding hydrogens is 362 g/mol. The molecule has 0 aliphatic carbocycles. The van der Waals surface area contributed by atoms with Crippen LogP contribution in [0, 0.1) is 0 Å². The highest BCUT2D eigenvalue weighted by Gasteiger charge is 2.13. The van der Waals surface area contributed by atoms with Crippen molar-refractivity contribution in [1.29, 1.82) is 0 Å². The highest BCUT2D eigenvalue weighted by atomic mass is 16.2. The number of rotatable bonds is 8. The van der Waals surface area contributed by atoms with E-state index in [1.165, 1.54) is 5.56 Å². The Hall–Kier alpha value is -3.47. The molecule has 0 saturated carbocycles. The van der Waals surface area contributed by atoms with Crippen LogP contribution in [-0.4, -0.2) is 23.3 Å². The topological polar surface area (TPSA) is 71.1 Å². The van der Waals surface area contributed by atoms with Gasteiger partial charge in [-0.1, -0.05) is 61.5 Å². The third-order valence-electron chi connectivity index (χ3n) is 4.63. The number of anilines is 1. The van der Waals surface area contributed by atoms with E-state index in [0.717, 1.165) is 30.5 Å². The number of aromatic nitrogens is 1. The van der Waals surface area contributed by atoms with E-state index in [9.17, 15) is 9.59 Å². The van der Waals surface area contributed by atoms with E-state index in [4.69, 9.17) is 0 Å². The quantitative estimate of drug-likeness (QED) is 0.568. The summed E-state index contributed by atoms with van der Waals surface area (Å²) in [6, 6.07) is 22.7. The van der Waals surface area contributed by atoms with Gasteiger partial charge < -0.3 is 10.6 Å². The molecule has 1 aromatic heterocycles. The molecule has 0 atom stereocenters. The third-order valence-corrected chi connectivity index (χ3v) is 4.63. The minimum atomic E-state index is -0.329. The van der Waals surface area contributed by atoms with Gasteiger partial charge in [0.2, 0.25) is 0 Å². The lowest BCUT2D eigenvalue weighted by Gasteiger charge is -2.10. The summed E-state index contributed by atoms with van der Waals surface area (Å²) in [4.78, 5) is 29.2. The smallest absolute Gasteiger partial charge is 0.274 e. The molecule has 2 amide bonds. The molecule has 2 aromatic carbocycles. The molecule has 0 bridgehead atoms. The summed E-state index contributed by atoms with van der Waals surface area (Å²) in [5.41, 5.74) is 3.51. The maximum atomic E-state index is 12.6. The molecule has 0 unspecified atom stereocenters. The summed E-state index contributed by atoms with van der Waals surface area (Å²) in [6.45, 7) is 2.59. The molecule has 0 fully saturated rings. The highest BCUT2D eigenvalue weighted by Crippen LogP contribution is 2.16. The van der Waals surface area contributed by atoms with Crippen LogP contribution in [0.25, 0.3) is 0 Å². The van der Waals surface area contributed by atoms with Crippen LogP contribution in [0.3, 0.4) is 0 Å². The standard InChI is InChI=1S/C24H25N3O2/c1-2-19-13-6-7-14-20(19)27-24(29)22-16-8-15-21(26-22)23(28)25-17-9-12-18-10-4-3-5-11-18/h3-8,10-11,13-16H,2,9,12,17H2,1H3,(H,25,28)(H,27,29). The first-order valence-corrected chi connectivity index (χ1v) is 9.86. The predicted molar refractivity (Wildman–Crippen MR) is 115 cm³/mol. The van der Waals surface area contributed by atoms with Gasteiger partial charge in [-0.3, -0.25) is 9.59 Å². The first kappa shape index (κ1) is 20.3. The Morgan fingerprint density at radius 3 is 2.28 bits per heavy atom. The van der Waals surface area contributed by atoms with Crippen molar-refractivity contribution in [2.75, 3.05) is 11.9 Å². The van der Waals surface area contributed by atoms with Crippen LogP contribution < -0.4 is 10.6 Å². The molecule has 0 aliphatic rings. The summed E-state index contributed by atoms with van der Waals surface area (Å²) < 4.78 is 0. The largest absolute Gasteiger partial charge is 0.351 e. The van der Waals surface area contributed by atoms with Gasteiger partial charge in [-0.05, 0) is 48.6 Å². The molecule has 5 nitrogen and oxygen atoms in total. The van der Waals surface area contributed by atoms with Gasteiger partial charge >= 0.3 is 0 Å². The first-order chi connectivity index (χ1) is 14.2. The zero-order valence-corrected chi connectivity index (χ0v) is 16.5. The van der Waals surface area contributed by atoms with Crippen molar-refractivity contribution >= 4 is 17.5 Å². The van der Waals surface area contributed by atoms with E-state index in [2.05, 4.69) is 27.8 Å². The molecule has 1 heterocycles. The van der Waals surface area contributed by atoms with E-state index in [-0.39, 0.29) is 23.2 Å². The Morgan fingerprint density at radius 2 is 1.52 bits per heavy atom. The molecule has 5 heteroatoms. The predicted octanol–water partition coefficient (Wildman–Crippen LogP) is 4.26. The number of carbonyl (C=O) groups excluding carboxylic acids is 2. The monoisotopic (exact) mass is 387 g/mol. The average molecular weight is 387 g/mol. The zero-order chi connectivity index (χ0) is 20.5. The van der Waals surface area contributed by atoms with Crippen LogP contribution in [0.5, 0.6) is 0 Å². The number of benzene rings is 2. The minimum absolute atomic E-state index is 0.216. The van der Waals surface area contributed by atoms with Crippen LogP contribution in [0.1, 0.15) is 45.4 Å². The Labute approximate surface area is 171 Å². The Balaban J connectivity index is 1.56. The first-order valence-electron chi connectivity index (χ1n) is 9.86. The normalized spacial score (nSPS) is 10.4. The molecule has 0 aliphatic heterocycles. The van der Waals surface area contributed by atoms with Crippen molar-refractivity contribution in [2.45, 2.75) is 26.2 Å². The molecular formula is C24H25N3O2. The molecule has 0 saturated heterocycles. The van der Waals surface area contributed by atoms with Crippen molar-refractivity contribution in [2.24, 2.45) is 0 Å². The molecule has 0 spiro atoms.